The molecule has 2 aromatic rings. The van der Waals surface area contributed by atoms with Crippen molar-refractivity contribution in [2.75, 3.05) is 19.9 Å². The van der Waals surface area contributed by atoms with Gasteiger partial charge in [-0.05, 0) is 23.8 Å². The number of carbonyl (C=O) groups is 2. The molecule has 1 N–H and O–H groups in total. The van der Waals surface area contributed by atoms with E-state index in [-0.39, 0.29) is 18.1 Å². The van der Waals surface area contributed by atoms with E-state index in [0.29, 0.717) is 0 Å². The number of aliphatic carboxylic acids is 1. The number of methoxy groups -OCH3 is 1. The Hall–Kier alpha value is -2.47. The molecular weight excluding hydrogens is 338 g/mol. The van der Waals surface area contributed by atoms with Gasteiger partial charge in [0.2, 0.25) is 5.91 Å². The molecule has 0 radical (unpaired) electrons. The third kappa shape index (κ3) is 5.53. The van der Waals surface area contributed by atoms with Crippen LogP contribution in [0.25, 0.3) is 0 Å². The summed E-state index contributed by atoms with van der Waals surface area (Å²) in [4.78, 5) is 26.2. The first-order valence-electron chi connectivity index (χ1n) is 7.80. The van der Waals surface area contributed by atoms with Gasteiger partial charge in [0.15, 0.2) is 0 Å². The highest BCUT2D eigenvalue weighted by Gasteiger charge is 2.26. The van der Waals surface area contributed by atoms with E-state index < -0.39 is 12.0 Å². The van der Waals surface area contributed by atoms with E-state index in [4.69, 9.17) is 4.74 Å². The third-order valence-corrected chi connectivity index (χ3v) is 4.80. The van der Waals surface area contributed by atoms with E-state index in [1.54, 1.807) is 7.11 Å². The highest BCUT2D eigenvalue weighted by atomic mass is 32.2. The number of rotatable bonds is 8. The Kier molecular flexibility index (Phi) is 6.89. The van der Waals surface area contributed by atoms with Crippen LogP contribution in [0.1, 0.15) is 5.56 Å². The number of carboxylic acids is 1. The minimum Gasteiger partial charge on any atom is -0.497 e. The first kappa shape index (κ1) is 18.9. The molecule has 0 saturated heterocycles. The average Bonchev–Trinajstić information content (AvgIpc) is 2.64. The molecular formula is C19H21NO4S. The number of likely N-dealkylation sites (N-methyl/N-ethyl adjacent to an activating group) is 1. The Labute approximate surface area is 151 Å². The van der Waals surface area contributed by atoms with Gasteiger partial charge in [-0.15, -0.1) is 11.8 Å². The maximum absolute atomic E-state index is 12.4. The van der Waals surface area contributed by atoms with Gasteiger partial charge in [-0.2, -0.15) is 0 Å². The molecule has 1 unspecified atom stereocenters. The zero-order chi connectivity index (χ0) is 18.2. The summed E-state index contributed by atoms with van der Waals surface area (Å²) >= 11 is 1.36. The molecule has 2 rings (SSSR count). The van der Waals surface area contributed by atoms with E-state index in [9.17, 15) is 14.7 Å². The van der Waals surface area contributed by atoms with Gasteiger partial charge in [-0.1, -0.05) is 36.4 Å². The summed E-state index contributed by atoms with van der Waals surface area (Å²) in [6.45, 7) is 0. The topological polar surface area (TPSA) is 66.8 Å². The largest absolute Gasteiger partial charge is 0.497 e. The molecule has 0 spiro atoms. The molecule has 132 valence electrons. The standard InChI is InChI=1S/C19H21NO4S/c1-20(17(19(22)23)11-14-7-4-3-5-8-14)18(21)13-25-16-10-6-9-15(12-16)24-2/h3-10,12,17H,11,13H2,1-2H3,(H,22,23). The molecule has 0 aliphatic heterocycles. The van der Waals surface area contributed by atoms with Gasteiger partial charge in [-0.3, -0.25) is 4.79 Å². The first-order chi connectivity index (χ1) is 12.0. The van der Waals surface area contributed by atoms with Crippen LogP contribution in [0, 0.1) is 0 Å². The average molecular weight is 359 g/mol. The van der Waals surface area contributed by atoms with Crippen molar-refractivity contribution in [2.24, 2.45) is 0 Å². The molecule has 2 aromatic carbocycles. The Morgan fingerprint density at radius 3 is 2.52 bits per heavy atom. The summed E-state index contributed by atoms with van der Waals surface area (Å²) in [6.07, 6.45) is 0.280. The summed E-state index contributed by atoms with van der Waals surface area (Å²) in [5, 5.41) is 9.49. The summed E-state index contributed by atoms with van der Waals surface area (Å²) in [7, 11) is 3.12. The van der Waals surface area contributed by atoms with Crippen LogP contribution in [-0.4, -0.2) is 47.8 Å². The fraction of sp³-hybridized carbons (Fsp3) is 0.263. The van der Waals surface area contributed by atoms with Crippen LogP contribution in [0.5, 0.6) is 5.75 Å². The fourth-order valence-corrected chi connectivity index (χ4v) is 3.21. The van der Waals surface area contributed by atoms with Crippen molar-refractivity contribution in [2.45, 2.75) is 17.4 Å². The van der Waals surface area contributed by atoms with Gasteiger partial charge in [0.1, 0.15) is 11.8 Å². The lowest BCUT2D eigenvalue weighted by Crippen LogP contribution is -2.44. The van der Waals surface area contributed by atoms with Gasteiger partial charge in [0.25, 0.3) is 0 Å². The minimum absolute atomic E-state index is 0.169. The molecule has 5 nitrogen and oxygen atoms in total. The molecule has 1 amide bonds. The van der Waals surface area contributed by atoms with Crippen molar-refractivity contribution in [3.05, 3.63) is 60.2 Å². The highest BCUT2D eigenvalue weighted by molar-refractivity contribution is 8.00. The summed E-state index contributed by atoms with van der Waals surface area (Å²) in [5.74, 6) is -0.345. The maximum Gasteiger partial charge on any atom is 0.326 e. The van der Waals surface area contributed by atoms with Crippen LogP contribution >= 0.6 is 11.8 Å². The zero-order valence-electron chi connectivity index (χ0n) is 14.2. The SMILES string of the molecule is COc1cccc(SCC(=O)N(C)C(Cc2ccccc2)C(=O)O)c1. The Bertz CT molecular complexity index is 720. The van der Waals surface area contributed by atoms with Crippen LogP contribution in [0.15, 0.2) is 59.5 Å². The number of amides is 1. The van der Waals surface area contributed by atoms with Gasteiger partial charge in [0.05, 0.1) is 12.9 Å². The first-order valence-corrected chi connectivity index (χ1v) is 8.79. The second-order valence-corrected chi connectivity index (χ2v) is 6.56. The van der Waals surface area contributed by atoms with Crippen molar-refractivity contribution in [1.82, 2.24) is 4.90 Å². The molecule has 6 heteroatoms. The van der Waals surface area contributed by atoms with Crippen molar-refractivity contribution >= 4 is 23.6 Å². The van der Waals surface area contributed by atoms with Crippen LogP contribution in [0.2, 0.25) is 0 Å². The molecule has 0 heterocycles. The predicted molar refractivity (Wildman–Crippen MR) is 98.1 cm³/mol. The molecule has 0 saturated carbocycles. The number of carboxylic acid groups (broad SMARTS) is 1. The lowest BCUT2D eigenvalue weighted by atomic mass is 10.1. The lowest BCUT2D eigenvalue weighted by Gasteiger charge is -2.25. The van der Waals surface area contributed by atoms with Crippen molar-refractivity contribution in [3.63, 3.8) is 0 Å². The van der Waals surface area contributed by atoms with Crippen LogP contribution in [0.4, 0.5) is 0 Å². The zero-order valence-corrected chi connectivity index (χ0v) is 15.0. The minimum atomic E-state index is -1.01. The number of thioether (sulfide) groups is 1. The molecule has 0 aromatic heterocycles. The molecule has 1 atom stereocenters. The molecule has 0 aliphatic carbocycles. The van der Waals surface area contributed by atoms with E-state index in [1.807, 2.05) is 54.6 Å². The molecule has 0 bridgehead atoms. The van der Waals surface area contributed by atoms with Gasteiger partial charge in [0, 0.05) is 18.4 Å². The monoisotopic (exact) mass is 359 g/mol. The van der Waals surface area contributed by atoms with Crippen LogP contribution in [-0.2, 0) is 16.0 Å². The normalized spacial score (nSPS) is 11.6. The number of benzene rings is 2. The quantitative estimate of drug-likeness (QED) is 0.734. The van der Waals surface area contributed by atoms with Crippen molar-refractivity contribution in [3.8, 4) is 5.75 Å². The van der Waals surface area contributed by atoms with E-state index in [1.165, 1.54) is 23.7 Å². The smallest absolute Gasteiger partial charge is 0.326 e. The van der Waals surface area contributed by atoms with Crippen molar-refractivity contribution < 1.29 is 19.4 Å². The molecule has 0 fully saturated rings. The van der Waals surface area contributed by atoms with E-state index in [0.717, 1.165) is 16.2 Å². The fourth-order valence-electron chi connectivity index (χ4n) is 2.34. The Morgan fingerprint density at radius 1 is 1.16 bits per heavy atom. The van der Waals surface area contributed by atoms with Crippen LogP contribution < -0.4 is 4.74 Å². The van der Waals surface area contributed by atoms with Gasteiger partial charge >= 0.3 is 5.97 Å². The number of hydrogen-bond donors (Lipinski definition) is 1. The number of carbonyl (C=O) groups excluding carboxylic acids is 1. The lowest BCUT2D eigenvalue weighted by molar-refractivity contribution is -0.148. The van der Waals surface area contributed by atoms with E-state index in [2.05, 4.69) is 0 Å². The second-order valence-electron chi connectivity index (χ2n) is 5.52. The Morgan fingerprint density at radius 2 is 1.88 bits per heavy atom. The van der Waals surface area contributed by atoms with Crippen molar-refractivity contribution in [1.29, 1.82) is 0 Å². The van der Waals surface area contributed by atoms with Crippen LogP contribution in [0.3, 0.4) is 0 Å². The van der Waals surface area contributed by atoms with Gasteiger partial charge < -0.3 is 14.7 Å². The number of hydrogen-bond acceptors (Lipinski definition) is 4. The second kappa shape index (κ2) is 9.13. The van der Waals surface area contributed by atoms with E-state index >= 15 is 0 Å². The number of nitrogens with zero attached hydrogens (tertiary/aromatic N) is 1. The summed E-state index contributed by atoms with van der Waals surface area (Å²) in [5.41, 5.74) is 0.884. The number of ether oxygens (including phenoxy) is 1. The predicted octanol–water partition coefficient (Wildman–Crippen LogP) is 2.94. The maximum atomic E-state index is 12.4. The molecule has 25 heavy (non-hydrogen) atoms. The molecule has 0 aliphatic rings. The Balaban J connectivity index is 1.99. The van der Waals surface area contributed by atoms with Gasteiger partial charge in [-0.25, -0.2) is 4.79 Å². The highest BCUT2D eigenvalue weighted by Crippen LogP contribution is 2.23. The third-order valence-electron chi connectivity index (χ3n) is 3.82. The summed E-state index contributed by atoms with van der Waals surface area (Å²) in [6, 6.07) is 15.8. The summed E-state index contributed by atoms with van der Waals surface area (Å²) < 4.78 is 5.16.